The molecule has 114 valence electrons. The van der Waals surface area contributed by atoms with Gasteiger partial charge >= 0.3 is 11.9 Å². The molecule has 0 bridgehead atoms. The fourth-order valence-electron chi connectivity index (χ4n) is 1.82. The molecule has 3 N–H and O–H groups in total. The maximum Gasteiger partial charge on any atom is 0.326 e. The van der Waals surface area contributed by atoms with Crippen LogP contribution in [0.4, 0.5) is 0 Å². The highest BCUT2D eigenvalue weighted by atomic mass is 16.4. The standard InChI is InChI=1S/C15H19NO5/c1-2-3-4-10-5-7-11(8-6-10)14(19)16-12(15(20)21)9-13(17)18/h5-8,12H,2-4,9H2,1H3,(H,16,19)(H,17,18)(H,20,21)/t12-/m0/s1. The van der Waals surface area contributed by atoms with Gasteiger partial charge in [-0.3, -0.25) is 9.59 Å². The van der Waals surface area contributed by atoms with Crippen LogP contribution >= 0.6 is 0 Å². The molecule has 0 unspecified atom stereocenters. The van der Waals surface area contributed by atoms with Crippen molar-refractivity contribution in [1.82, 2.24) is 5.32 Å². The number of rotatable bonds is 8. The molecule has 1 aromatic carbocycles. The Hall–Kier alpha value is -2.37. The molecule has 6 nitrogen and oxygen atoms in total. The Balaban J connectivity index is 2.69. The Bertz CT molecular complexity index is 509. The molecule has 0 spiro atoms. The maximum absolute atomic E-state index is 11.9. The molecule has 0 heterocycles. The SMILES string of the molecule is CCCCc1ccc(C(=O)N[C@@H](CC(=O)O)C(=O)O)cc1. The Morgan fingerprint density at radius 3 is 2.24 bits per heavy atom. The number of carbonyl (C=O) groups is 3. The monoisotopic (exact) mass is 293 g/mol. The number of aliphatic carboxylic acids is 2. The van der Waals surface area contributed by atoms with Crippen molar-refractivity contribution in [2.75, 3.05) is 0 Å². The average molecular weight is 293 g/mol. The molecule has 0 aliphatic rings. The van der Waals surface area contributed by atoms with Gasteiger partial charge in [0.15, 0.2) is 0 Å². The van der Waals surface area contributed by atoms with E-state index in [1.807, 2.05) is 12.1 Å². The summed E-state index contributed by atoms with van der Waals surface area (Å²) in [6, 6.07) is 5.42. The summed E-state index contributed by atoms with van der Waals surface area (Å²) >= 11 is 0. The van der Waals surface area contributed by atoms with E-state index in [9.17, 15) is 14.4 Å². The molecule has 0 aromatic heterocycles. The van der Waals surface area contributed by atoms with Gasteiger partial charge in [-0.1, -0.05) is 25.5 Å². The molecule has 1 aromatic rings. The van der Waals surface area contributed by atoms with Crippen LogP contribution in [0.2, 0.25) is 0 Å². The molecular weight excluding hydrogens is 274 g/mol. The molecular formula is C15H19NO5. The van der Waals surface area contributed by atoms with E-state index in [1.54, 1.807) is 12.1 Å². The van der Waals surface area contributed by atoms with Gasteiger partial charge in [0.25, 0.3) is 5.91 Å². The molecule has 6 heteroatoms. The molecule has 0 radical (unpaired) electrons. The zero-order chi connectivity index (χ0) is 15.8. The Morgan fingerprint density at radius 2 is 1.76 bits per heavy atom. The van der Waals surface area contributed by atoms with Gasteiger partial charge in [0, 0.05) is 5.56 Å². The van der Waals surface area contributed by atoms with Gasteiger partial charge in [-0.05, 0) is 30.5 Å². The van der Waals surface area contributed by atoms with Crippen molar-refractivity contribution in [1.29, 1.82) is 0 Å². The number of unbranched alkanes of at least 4 members (excludes halogenated alkanes) is 1. The number of amides is 1. The second-order valence-corrected chi connectivity index (χ2v) is 4.76. The minimum absolute atomic E-state index is 0.312. The predicted molar refractivity (Wildman–Crippen MR) is 76.2 cm³/mol. The maximum atomic E-state index is 11.9. The number of aryl methyl sites for hydroxylation is 1. The van der Waals surface area contributed by atoms with E-state index in [0.717, 1.165) is 24.8 Å². The lowest BCUT2D eigenvalue weighted by molar-refractivity contribution is -0.145. The molecule has 1 atom stereocenters. The second-order valence-electron chi connectivity index (χ2n) is 4.76. The second kappa shape index (κ2) is 8.04. The summed E-state index contributed by atoms with van der Waals surface area (Å²) in [4.78, 5) is 33.4. The van der Waals surface area contributed by atoms with Crippen LogP contribution in [0.5, 0.6) is 0 Å². The third kappa shape index (κ3) is 5.64. The van der Waals surface area contributed by atoms with Crippen molar-refractivity contribution in [3.05, 3.63) is 35.4 Å². The van der Waals surface area contributed by atoms with E-state index in [1.165, 1.54) is 0 Å². The zero-order valence-electron chi connectivity index (χ0n) is 11.8. The number of nitrogens with one attached hydrogen (secondary N) is 1. The average Bonchev–Trinajstić information content (AvgIpc) is 2.44. The molecule has 0 aliphatic carbocycles. The Kier molecular flexibility index (Phi) is 6.39. The summed E-state index contributed by atoms with van der Waals surface area (Å²) in [6.07, 6.45) is 2.41. The summed E-state index contributed by atoms with van der Waals surface area (Å²) in [6.45, 7) is 2.09. The third-order valence-corrected chi connectivity index (χ3v) is 3.02. The van der Waals surface area contributed by atoms with Crippen molar-refractivity contribution in [2.24, 2.45) is 0 Å². The first-order valence-electron chi connectivity index (χ1n) is 6.78. The highest BCUT2D eigenvalue weighted by molar-refractivity contribution is 5.97. The van der Waals surface area contributed by atoms with Gasteiger partial charge in [-0.15, -0.1) is 0 Å². The van der Waals surface area contributed by atoms with Crippen LogP contribution in [0.1, 0.15) is 42.1 Å². The Morgan fingerprint density at radius 1 is 1.14 bits per heavy atom. The summed E-state index contributed by atoms with van der Waals surface area (Å²) in [7, 11) is 0. The molecule has 0 aliphatic heterocycles. The number of hydrogen-bond acceptors (Lipinski definition) is 3. The van der Waals surface area contributed by atoms with E-state index >= 15 is 0 Å². The highest BCUT2D eigenvalue weighted by Gasteiger charge is 2.23. The fraction of sp³-hybridized carbons (Fsp3) is 0.400. The third-order valence-electron chi connectivity index (χ3n) is 3.02. The fourth-order valence-corrected chi connectivity index (χ4v) is 1.82. The quantitative estimate of drug-likeness (QED) is 0.676. The predicted octanol–water partition coefficient (Wildman–Crippen LogP) is 1.69. The summed E-state index contributed by atoms with van der Waals surface area (Å²) in [5, 5.41) is 19.7. The van der Waals surface area contributed by atoms with Crippen LogP contribution in [0, 0.1) is 0 Å². The summed E-state index contributed by atoms with van der Waals surface area (Å²) in [5.41, 5.74) is 1.42. The number of benzene rings is 1. The molecule has 1 rings (SSSR count). The van der Waals surface area contributed by atoms with E-state index in [4.69, 9.17) is 10.2 Å². The van der Waals surface area contributed by atoms with E-state index in [2.05, 4.69) is 12.2 Å². The van der Waals surface area contributed by atoms with Gasteiger partial charge in [-0.2, -0.15) is 0 Å². The van der Waals surface area contributed by atoms with Gasteiger partial charge in [-0.25, -0.2) is 4.79 Å². The van der Waals surface area contributed by atoms with Crippen LogP contribution in [0.3, 0.4) is 0 Å². The van der Waals surface area contributed by atoms with E-state index in [-0.39, 0.29) is 0 Å². The van der Waals surface area contributed by atoms with Gasteiger partial charge in [0.05, 0.1) is 6.42 Å². The summed E-state index contributed by atoms with van der Waals surface area (Å²) in [5.74, 6) is -3.24. The van der Waals surface area contributed by atoms with Crippen LogP contribution in [-0.4, -0.2) is 34.1 Å². The van der Waals surface area contributed by atoms with Gasteiger partial charge in [0.1, 0.15) is 6.04 Å². The highest BCUT2D eigenvalue weighted by Crippen LogP contribution is 2.08. The van der Waals surface area contributed by atoms with Crippen molar-refractivity contribution >= 4 is 17.8 Å². The van der Waals surface area contributed by atoms with Crippen molar-refractivity contribution in [3.63, 3.8) is 0 Å². The number of carboxylic acid groups (broad SMARTS) is 2. The van der Waals surface area contributed by atoms with Crippen molar-refractivity contribution in [3.8, 4) is 0 Å². The van der Waals surface area contributed by atoms with Crippen LogP contribution < -0.4 is 5.32 Å². The number of hydrogen-bond donors (Lipinski definition) is 3. The number of carbonyl (C=O) groups excluding carboxylic acids is 1. The summed E-state index contributed by atoms with van der Waals surface area (Å²) < 4.78 is 0. The lowest BCUT2D eigenvalue weighted by atomic mass is 10.1. The largest absolute Gasteiger partial charge is 0.481 e. The molecule has 1 amide bonds. The van der Waals surface area contributed by atoms with Crippen LogP contribution in [-0.2, 0) is 16.0 Å². The lowest BCUT2D eigenvalue weighted by Gasteiger charge is -2.12. The molecule has 0 saturated heterocycles. The van der Waals surface area contributed by atoms with Crippen molar-refractivity contribution in [2.45, 2.75) is 38.6 Å². The zero-order valence-corrected chi connectivity index (χ0v) is 11.8. The first-order valence-corrected chi connectivity index (χ1v) is 6.78. The van der Waals surface area contributed by atoms with E-state index in [0.29, 0.717) is 5.56 Å². The first-order chi connectivity index (χ1) is 9.93. The smallest absolute Gasteiger partial charge is 0.326 e. The molecule has 0 saturated carbocycles. The van der Waals surface area contributed by atoms with Gasteiger partial charge < -0.3 is 15.5 Å². The van der Waals surface area contributed by atoms with Crippen molar-refractivity contribution < 1.29 is 24.6 Å². The minimum atomic E-state index is -1.44. The van der Waals surface area contributed by atoms with E-state index < -0.39 is 30.3 Å². The van der Waals surface area contributed by atoms with Gasteiger partial charge in [0.2, 0.25) is 0 Å². The van der Waals surface area contributed by atoms with Crippen LogP contribution in [0.25, 0.3) is 0 Å². The first kappa shape index (κ1) is 16.7. The van der Waals surface area contributed by atoms with Crippen LogP contribution in [0.15, 0.2) is 24.3 Å². The lowest BCUT2D eigenvalue weighted by Crippen LogP contribution is -2.42. The topological polar surface area (TPSA) is 104 Å². The number of carboxylic acids is 2. The molecule has 21 heavy (non-hydrogen) atoms. The Labute approximate surface area is 122 Å². The molecule has 0 fully saturated rings. The minimum Gasteiger partial charge on any atom is -0.481 e. The normalized spacial score (nSPS) is 11.7.